The van der Waals surface area contributed by atoms with E-state index in [0.29, 0.717) is 5.56 Å². The van der Waals surface area contributed by atoms with Crippen LogP contribution in [0.4, 0.5) is 18.0 Å². The van der Waals surface area contributed by atoms with E-state index in [4.69, 9.17) is 8.92 Å². The molecule has 0 spiro atoms. The molecule has 25 heavy (non-hydrogen) atoms. The molecule has 1 aromatic carbocycles. The van der Waals surface area contributed by atoms with Gasteiger partial charge in [0, 0.05) is 5.92 Å². The average molecular weight is 379 g/mol. The Labute approximate surface area is 146 Å². The number of nitrogens with zero attached hydrogens (tertiary/aromatic N) is 1. The third-order valence-corrected chi connectivity index (χ3v) is 4.79. The number of amides is 1. The van der Waals surface area contributed by atoms with Crippen LogP contribution in [0.2, 0.25) is 0 Å². The Morgan fingerprint density at radius 2 is 1.84 bits per heavy atom. The molecule has 3 unspecified atom stereocenters. The highest BCUT2D eigenvalue weighted by atomic mass is 32.2. The predicted octanol–water partition coefficient (Wildman–Crippen LogP) is 4.02. The number of benzene rings is 1. The molecule has 140 valence electrons. The van der Waals surface area contributed by atoms with Gasteiger partial charge in [0.1, 0.15) is 5.60 Å². The van der Waals surface area contributed by atoms with E-state index in [1.165, 1.54) is 12.1 Å². The maximum Gasteiger partial charge on any atom is 0.424 e. The summed E-state index contributed by atoms with van der Waals surface area (Å²) in [6.45, 7) is 6.78. The molecule has 0 aliphatic carbocycles. The van der Waals surface area contributed by atoms with Crippen molar-refractivity contribution in [1.82, 2.24) is 4.31 Å². The minimum absolute atomic E-state index is 0.00798. The first-order chi connectivity index (χ1) is 11.4. The van der Waals surface area contributed by atoms with Gasteiger partial charge in [0.15, 0.2) is 0 Å². The quantitative estimate of drug-likeness (QED) is 0.779. The van der Waals surface area contributed by atoms with E-state index in [1.807, 2.05) is 0 Å². The van der Waals surface area contributed by atoms with Gasteiger partial charge in [0.25, 0.3) is 11.3 Å². The SMILES string of the molecule is CC(c1ccc(C(F)(F)F)cc1)C1COS(=O)N1C(=O)OC(C)(C)C. The molecule has 0 bridgehead atoms. The highest BCUT2D eigenvalue weighted by Crippen LogP contribution is 2.33. The summed E-state index contributed by atoms with van der Waals surface area (Å²) in [5, 5.41) is 0. The largest absolute Gasteiger partial charge is 0.443 e. The highest BCUT2D eigenvalue weighted by Gasteiger charge is 2.42. The van der Waals surface area contributed by atoms with Gasteiger partial charge in [-0.05, 0) is 38.5 Å². The van der Waals surface area contributed by atoms with E-state index in [0.717, 1.165) is 16.4 Å². The number of rotatable bonds is 2. The van der Waals surface area contributed by atoms with E-state index in [1.54, 1.807) is 27.7 Å². The van der Waals surface area contributed by atoms with Crippen LogP contribution in [0.3, 0.4) is 0 Å². The summed E-state index contributed by atoms with van der Waals surface area (Å²) < 4.78 is 61.3. The molecule has 1 saturated heterocycles. The zero-order valence-corrected chi connectivity index (χ0v) is 15.1. The molecule has 1 amide bonds. The second-order valence-electron chi connectivity index (χ2n) is 6.78. The number of carbonyl (C=O) groups is 1. The lowest BCUT2D eigenvalue weighted by atomic mass is 9.93. The monoisotopic (exact) mass is 379 g/mol. The van der Waals surface area contributed by atoms with Crippen LogP contribution in [0.5, 0.6) is 0 Å². The van der Waals surface area contributed by atoms with Gasteiger partial charge in [-0.1, -0.05) is 19.1 Å². The van der Waals surface area contributed by atoms with Crippen molar-refractivity contribution >= 4 is 17.4 Å². The van der Waals surface area contributed by atoms with Crippen molar-refractivity contribution in [2.24, 2.45) is 0 Å². The van der Waals surface area contributed by atoms with Crippen molar-refractivity contribution in [3.05, 3.63) is 35.4 Å². The van der Waals surface area contributed by atoms with Crippen LogP contribution in [0.15, 0.2) is 24.3 Å². The Morgan fingerprint density at radius 3 is 2.32 bits per heavy atom. The van der Waals surface area contributed by atoms with E-state index in [2.05, 4.69) is 0 Å². The number of alkyl halides is 3. The smallest absolute Gasteiger partial charge is 0.424 e. The molecule has 0 N–H and O–H groups in total. The van der Waals surface area contributed by atoms with Crippen molar-refractivity contribution in [2.45, 2.75) is 51.4 Å². The molecule has 1 aliphatic rings. The summed E-state index contributed by atoms with van der Waals surface area (Å²) in [5.41, 5.74) is -0.945. The zero-order chi connectivity index (χ0) is 19.0. The number of hydrogen-bond donors (Lipinski definition) is 0. The molecule has 1 fully saturated rings. The third kappa shape index (κ3) is 4.72. The van der Waals surface area contributed by atoms with Crippen molar-refractivity contribution in [3.8, 4) is 0 Å². The van der Waals surface area contributed by atoms with Gasteiger partial charge in [0.05, 0.1) is 18.2 Å². The van der Waals surface area contributed by atoms with Crippen molar-refractivity contribution in [2.75, 3.05) is 6.61 Å². The lowest BCUT2D eigenvalue weighted by molar-refractivity contribution is -0.137. The molecule has 9 heteroatoms. The van der Waals surface area contributed by atoms with Crippen LogP contribution in [-0.2, 0) is 26.4 Å². The normalized spacial score (nSPS) is 22.8. The van der Waals surface area contributed by atoms with Gasteiger partial charge in [-0.3, -0.25) is 4.18 Å². The van der Waals surface area contributed by atoms with Gasteiger partial charge in [0.2, 0.25) is 0 Å². The molecule has 1 aromatic rings. The summed E-state index contributed by atoms with van der Waals surface area (Å²) in [4.78, 5) is 12.3. The predicted molar refractivity (Wildman–Crippen MR) is 85.8 cm³/mol. The van der Waals surface area contributed by atoms with Crippen molar-refractivity contribution in [3.63, 3.8) is 0 Å². The lowest BCUT2D eigenvalue weighted by Crippen LogP contribution is -2.43. The summed E-state index contributed by atoms with van der Waals surface area (Å²) in [5.74, 6) is -0.388. The molecule has 2 rings (SSSR count). The highest BCUT2D eigenvalue weighted by molar-refractivity contribution is 7.78. The molecule has 0 saturated carbocycles. The Bertz CT molecular complexity index is 655. The topological polar surface area (TPSA) is 55.8 Å². The van der Waals surface area contributed by atoms with Gasteiger partial charge in [-0.25, -0.2) is 9.00 Å². The fourth-order valence-corrected chi connectivity index (χ4v) is 3.40. The number of hydrogen-bond acceptors (Lipinski definition) is 4. The summed E-state index contributed by atoms with van der Waals surface area (Å²) in [6, 6.07) is 4.06. The maximum atomic E-state index is 12.7. The summed E-state index contributed by atoms with van der Waals surface area (Å²) in [6.07, 6.45) is -5.20. The molecular formula is C16H20F3NO4S. The molecule has 5 nitrogen and oxygen atoms in total. The Balaban J connectivity index is 2.20. The summed E-state index contributed by atoms with van der Waals surface area (Å²) in [7, 11) is 0. The first kappa shape index (κ1) is 19.7. The first-order valence-corrected chi connectivity index (χ1v) is 8.68. The van der Waals surface area contributed by atoms with Gasteiger partial charge in [-0.15, -0.1) is 0 Å². The van der Waals surface area contributed by atoms with Gasteiger partial charge < -0.3 is 4.74 Å². The molecular weight excluding hydrogens is 359 g/mol. The summed E-state index contributed by atoms with van der Waals surface area (Å²) >= 11 is -1.99. The van der Waals surface area contributed by atoms with Crippen LogP contribution in [0.1, 0.15) is 44.7 Å². The minimum atomic E-state index is -4.41. The van der Waals surface area contributed by atoms with Crippen LogP contribution in [0, 0.1) is 0 Å². The van der Waals surface area contributed by atoms with Crippen LogP contribution < -0.4 is 0 Å². The fraction of sp³-hybridized carbons (Fsp3) is 0.562. The molecule has 0 radical (unpaired) electrons. The second kappa shape index (κ2) is 6.95. The number of carbonyl (C=O) groups excluding carboxylic acids is 1. The minimum Gasteiger partial charge on any atom is -0.443 e. The number of ether oxygens (including phenoxy) is 1. The van der Waals surface area contributed by atoms with E-state index in [9.17, 15) is 22.2 Å². The van der Waals surface area contributed by atoms with Gasteiger partial charge >= 0.3 is 12.3 Å². The first-order valence-electron chi connectivity index (χ1n) is 7.64. The standard InChI is InChI=1S/C16H20F3NO4S/c1-10(11-5-7-12(8-6-11)16(17,18)19)13-9-23-25(22)20(13)14(21)24-15(2,3)4/h5-8,10,13H,9H2,1-4H3. The fourth-order valence-electron chi connectivity index (χ4n) is 2.41. The van der Waals surface area contributed by atoms with Crippen molar-refractivity contribution in [1.29, 1.82) is 0 Å². The van der Waals surface area contributed by atoms with E-state index < -0.39 is 40.7 Å². The maximum absolute atomic E-state index is 12.7. The van der Waals surface area contributed by atoms with Crippen LogP contribution >= 0.6 is 0 Å². The molecule has 1 aliphatic heterocycles. The van der Waals surface area contributed by atoms with E-state index >= 15 is 0 Å². The Morgan fingerprint density at radius 1 is 1.28 bits per heavy atom. The zero-order valence-electron chi connectivity index (χ0n) is 14.3. The Hall–Kier alpha value is -1.61. The third-order valence-electron chi connectivity index (χ3n) is 3.72. The van der Waals surface area contributed by atoms with Crippen LogP contribution in [-0.4, -0.2) is 32.9 Å². The average Bonchev–Trinajstić information content (AvgIpc) is 2.86. The van der Waals surface area contributed by atoms with Gasteiger partial charge in [-0.2, -0.15) is 17.5 Å². The van der Waals surface area contributed by atoms with E-state index in [-0.39, 0.29) is 12.5 Å². The second-order valence-corrected chi connectivity index (χ2v) is 7.85. The van der Waals surface area contributed by atoms with Crippen molar-refractivity contribution < 1.29 is 31.1 Å². The van der Waals surface area contributed by atoms with Crippen LogP contribution in [0.25, 0.3) is 0 Å². The molecule has 1 heterocycles. The lowest BCUT2D eigenvalue weighted by Gasteiger charge is -2.28. The molecule has 3 atom stereocenters. The molecule has 0 aromatic heterocycles. The number of halogens is 3. The Kier molecular flexibility index (Phi) is 5.48.